The molecule has 0 aliphatic carbocycles. The van der Waals surface area contributed by atoms with E-state index in [4.69, 9.17) is 21.4 Å². The smallest absolute Gasteiger partial charge is 0.410 e. The molecule has 1 amide bonds. The number of carbonyl (C=O) groups excluding carboxylic acids is 1. The van der Waals surface area contributed by atoms with Crippen LogP contribution in [0.5, 0.6) is 0 Å². The first-order valence-electron chi connectivity index (χ1n) is 5.09. The molecule has 0 bridgehead atoms. The van der Waals surface area contributed by atoms with Crippen LogP contribution in [-0.2, 0) is 4.74 Å². The third kappa shape index (κ3) is 3.24. The zero-order valence-electron chi connectivity index (χ0n) is 9.36. The fourth-order valence-electron chi connectivity index (χ4n) is 1.58. The molecule has 1 heterocycles. The van der Waals surface area contributed by atoms with Gasteiger partial charge in [0.25, 0.3) is 0 Å². The maximum absolute atomic E-state index is 11.7. The number of rotatable bonds is 1. The van der Waals surface area contributed by atoms with Gasteiger partial charge in [0.2, 0.25) is 0 Å². The van der Waals surface area contributed by atoms with Gasteiger partial charge in [-0.25, -0.2) is 4.79 Å². The SMILES string of the molecule is CC(C)(C)OC(=O)N1CCC(Cl)C1CO. The lowest BCUT2D eigenvalue weighted by Gasteiger charge is -2.28. The maximum atomic E-state index is 11.7. The quantitative estimate of drug-likeness (QED) is 0.703. The summed E-state index contributed by atoms with van der Waals surface area (Å²) in [7, 11) is 0. The molecule has 2 atom stereocenters. The minimum Gasteiger partial charge on any atom is -0.444 e. The average molecular weight is 236 g/mol. The highest BCUT2D eigenvalue weighted by Crippen LogP contribution is 2.24. The van der Waals surface area contributed by atoms with Crippen molar-refractivity contribution in [3.63, 3.8) is 0 Å². The number of aliphatic hydroxyl groups excluding tert-OH is 1. The van der Waals surface area contributed by atoms with E-state index in [1.54, 1.807) is 0 Å². The average Bonchev–Trinajstić information content (AvgIpc) is 2.43. The van der Waals surface area contributed by atoms with Gasteiger partial charge in [-0.1, -0.05) is 0 Å². The molecule has 5 heteroatoms. The number of amides is 1. The van der Waals surface area contributed by atoms with Crippen molar-refractivity contribution in [2.45, 2.75) is 44.2 Å². The summed E-state index contributed by atoms with van der Waals surface area (Å²) >= 11 is 5.98. The summed E-state index contributed by atoms with van der Waals surface area (Å²) in [5.74, 6) is 0. The summed E-state index contributed by atoms with van der Waals surface area (Å²) in [5.41, 5.74) is -0.512. The van der Waals surface area contributed by atoms with Crippen LogP contribution in [0.25, 0.3) is 0 Å². The van der Waals surface area contributed by atoms with Gasteiger partial charge in [0, 0.05) is 6.54 Å². The van der Waals surface area contributed by atoms with Crippen LogP contribution in [0.4, 0.5) is 4.79 Å². The number of ether oxygens (including phenoxy) is 1. The van der Waals surface area contributed by atoms with Crippen molar-refractivity contribution in [1.29, 1.82) is 0 Å². The molecule has 1 fully saturated rings. The van der Waals surface area contributed by atoms with Crippen molar-refractivity contribution in [3.8, 4) is 0 Å². The highest BCUT2D eigenvalue weighted by Gasteiger charge is 2.37. The standard InChI is InChI=1S/C10H18ClNO3/c1-10(2,3)15-9(14)12-5-4-7(11)8(12)6-13/h7-8,13H,4-6H2,1-3H3. The van der Waals surface area contributed by atoms with Gasteiger partial charge in [0.15, 0.2) is 0 Å². The predicted octanol–water partition coefficient (Wildman–Crippen LogP) is 1.60. The highest BCUT2D eigenvalue weighted by molar-refractivity contribution is 6.21. The highest BCUT2D eigenvalue weighted by atomic mass is 35.5. The van der Waals surface area contributed by atoms with Crippen LogP contribution in [0.15, 0.2) is 0 Å². The normalized spacial score (nSPS) is 26.9. The number of nitrogens with zero attached hydrogens (tertiary/aromatic N) is 1. The van der Waals surface area contributed by atoms with E-state index in [-0.39, 0.29) is 18.0 Å². The molecule has 4 nitrogen and oxygen atoms in total. The molecule has 0 aromatic heterocycles. The third-order valence-electron chi connectivity index (χ3n) is 2.28. The van der Waals surface area contributed by atoms with Gasteiger partial charge < -0.3 is 14.7 Å². The number of halogens is 1. The second-order valence-electron chi connectivity index (χ2n) is 4.73. The summed E-state index contributed by atoms with van der Waals surface area (Å²) in [5, 5.41) is 8.94. The fourth-order valence-corrected chi connectivity index (χ4v) is 1.89. The molecule has 15 heavy (non-hydrogen) atoms. The monoisotopic (exact) mass is 235 g/mol. The molecule has 88 valence electrons. The van der Waals surface area contributed by atoms with Crippen LogP contribution >= 0.6 is 11.6 Å². The van der Waals surface area contributed by atoms with Crippen molar-refractivity contribution in [3.05, 3.63) is 0 Å². The van der Waals surface area contributed by atoms with Crippen LogP contribution in [0.2, 0.25) is 0 Å². The molecule has 1 aliphatic heterocycles. The van der Waals surface area contributed by atoms with Gasteiger partial charge in [-0.3, -0.25) is 0 Å². The summed E-state index contributed by atoms with van der Waals surface area (Å²) in [6, 6.07) is -0.318. The van der Waals surface area contributed by atoms with E-state index >= 15 is 0 Å². The van der Waals surface area contributed by atoms with Crippen molar-refractivity contribution < 1.29 is 14.6 Å². The number of hydrogen-bond donors (Lipinski definition) is 1. The number of hydrogen-bond acceptors (Lipinski definition) is 3. The lowest BCUT2D eigenvalue weighted by molar-refractivity contribution is 0.0178. The molecule has 1 N–H and O–H groups in total. The zero-order valence-corrected chi connectivity index (χ0v) is 10.1. The first-order valence-corrected chi connectivity index (χ1v) is 5.53. The Balaban J connectivity index is 2.60. The van der Waals surface area contributed by atoms with E-state index in [2.05, 4.69) is 0 Å². The largest absolute Gasteiger partial charge is 0.444 e. The first-order chi connectivity index (χ1) is 6.85. The third-order valence-corrected chi connectivity index (χ3v) is 2.79. The molecular formula is C10H18ClNO3. The molecule has 2 unspecified atom stereocenters. The Morgan fingerprint density at radius 1 is 1.60 bits per heavy atom. The predicted molar refractivity (Wildman–Crippen MR) is 58.1 cm³/mol. The molecular weight excluding hydrogens is 218 g/mol. The van der Waals surface area contributed by atoms with Crippen molar-refractivity contribution in [2.24, 2.45) is 0 Å². The maximum Gasteiger partial charge on any atom is 0.410 e. The first kappa shape index (κ1) is 12.6. The Kier molecular flexibility index (Phi) is 3.84. The molecule has 0 aromatic carbocycles. The van der Waals surface area contributed by atoms with E-state index in [0.717, 1.165) is 0 Å². The lowest BCUT2D eigenvalue weighted by atomic mass is 10.2. The van der Waals surface area contributed by atoms with Gasteiger partial charge in [-0.05, 0) is 27.2 Å². The van der Waals surface area contributed by atoms with Crippen molar-refractivity contribution >= 4 is 17.7 Å². The van der Waals surface area contributed by atoms with Crippen LogP contribution in [0, 0.1) is 0 Å². The number of carbonyl (C=O) groups is 1. The molecule has 0 spiro atoms. The van der Waals surface area contributed by atoms with E-state index < -0.39 is 11.7 Å². The molecule has 0 aromatic rings. The second kappa shape index (κ2) is 4.58. The molecule has 0 saturated carbocycles. The van der Waals surface area contributed by atoms with Crippen molar-refractivity contribution in [1.82, 2.24) is 4.90 Å². The van der Waals surface area contributed by atoms with E-state index in [1.165, 1.54) is 4.90 Å². The molecule has 1 aliphatic rings. The summed E-state index contributed by atoms with van der Waals surface area (Å²) in [4.78, 5) is 13.2. The minimum absolute atomic E-state index is 0.118. The number of alkyl halides is 1. The van der Waals surface area contributed by atoms with E-state index in [0.29, 0.717) is 13.0 Å². The lowest BCUT2D eigenvalue weighted by Crippen LogP contribution is -2.43. The Labute approximate surface area is 95.2 Å². The minimum atomic E-state index is -0.512. The van der Waals surface area contributed by atoms with E-state index in [9.17, 15) is 4.79 Å². The van der Waals surface area contributed by atoms with Gasteiger partial charge >= 0.3 is 6.09 Å². The van der Waals surface area contributed by atoms with Crippen molar-refractivity contribution in [2.75, 3.05) is 13.2 Å². The molecule has 1 saturated heterocycles. The van der Waals surface area contributed by atoms with Gasteiger partial charge in [-0.15, -0.1) is 11.6 Å². The molecule has 0 radical (unpaired) electrons. The number of likely N-dealkylation sites (tertiary alicyclic amines) is 1. The second-order valence-corrected chi connectivity index (χ2v) is 5.29. The van der Waals surface area contributed by atoms with Gasteiger partial charge in [0.05, 0.1) is 18.0 Å². The van der Waals surface area contributed by atoms with Crippen LogP contribution < -0.4 is 0 Å². The van der Waals surface area contributed by atoms with Gasteiger partial charge in [-0.2, -0.15) is 0 Å². The summed E-state index contributed by atoms with van der Waals surface area (Å²) in [6.07, 6.45) is 0.302. The molecule has 1 rings (SSSR count). The van der Waals surface area contributed by atoms with E-state index in [1.807, 2.05) is 20.8 Å². The topological polar surface area (TPSA) is 49.8 Å². The van der Waals surface area contributed by atoms with Gasteiger partial charge in [0.1, 0.15) is 5.60 Å². The van der Waals surface area contributed by atoms with Crippen LogP contribution in [0.1, 0.15) is 27.2 Å². The Morgan fingerprint density at radius 3 is 2.67 bits per heavy atom. The summed E-state index contributed by atoms with van der Waals surface area (Å²) in [6.45, 7) is 5.87. The summed E-state index contributed by atoms with van der Waals surface area (Å²) < 4.78 is 5.22. The Hall–Kier alpha value is -0.480. The van der Waals surface area contributed by atoms with Crippen LogP contribution in [0.3, 0.4) is 0 Å². The Bertz CT molecular complexity index is 239. The Morgan fingerprint density at radius 2 is 2.20 bits per heavy atom. The van der Waals surface area contributed by atoms with Crippen LogP contribution in [-0.4, -0.2) is 46.3 Å². The number of aliphatic hydroxyl groups is 1. The fraction of sp³-hybridized carbons (Fsp3) is 0.900. The zero-order chi connectivity index (χ0) is 11.6.